The van der Waals surface area contributed by atoms with E-state index in [9.17, 15) is 0 Å². The maximum atomic E-state index is 2.51. The van der Waals surface area contributed by atoms with Gasteiger partial charge in [0, 0.05) is 16.8 Å². The summed E-state index contributed by atoms with van der Waals surface area (Å²) in [6.07, 6.45) is 0. The molecular formula is C51H38N2. The Morgan fingerprint density at radius 3 is 1.43 bits per heavy atom. The highest BCUT2D eigenvalue weighted by Crippen LogP contribution is 2.62. The Hall–Kier alpha value is -6.64. The fraction of sp³-hybridized carbons (Fsp3) is 0.0588. The van der Waals surface area contributed by atoms with Gasteiger partial charge < -0.3 is 9.80 Å². The zero-order valence-electron chi connectivity index (χ0n) is 29.9. The molecule has 2 nitrogen and oxygen atoms in total. The van der Waals surface area contributed by atoms with E-state index in [0.29, 0.717) is 0 Å². The van der Waals surface area contributed by atoms with Crippen molar-refractivity contribution in [2.45, 2.75) is 19.3 Å². The highest BCUT2D eigenvalue weighted by molar-refractivity contribution is 6.07. The number of anilines is 6. The molecule has 0 N–H and O–H groups in total. The molecule has 0 atom stereocenters. The number of rotatable bonds is 5. The monoisotopic (exact) mass is 678 g/mol. The topological polar surface area (TPSA) is 6.48 Å². The maximum absolute atomic E-state index is 2.51. The van der Waals surface area contributed by atoms with Crippen molar-refractivity contribution < 1.29 is 0 Å². The minimum Gasteiger partial charge on any atom is -0.306 e. The van der Waals surface area contributed by atoms with E-state index in [1.54, 1.807) is 0 Å². The van der Waals surface area contributed by atoms with Crippen molar-refractivity contribution in [1.29, 1.82) is 0 Å². The lowest BCUT2D eigenvalue weighted by Gasteiger charge is -2.43. The zero-order valence-corrected chi connectivity index (χ0v) is 29.9. The van der Waals surface area contributed by atoms with Crippen molar-refractivity contribution in [3.63, 3.8) is 0 Å². The lowest BCUT2D eigenvalue weighted by Crippen LogP contribution is -2.28. The standard InChI is InChI=1S/C51H38N2/c1-51(2)45-26-16-15-25-43(45)44-28-30-47-50(49(44)51)53(42-23-13-6-14-24-42)46-29-27-37(34-48(46)52(47)41-21-11-5-12-22-41)40-32-38(35-17-7-3-8-18-35)31-39(33-40)36-19-9-4-10-20-36/h3-34H,1-2H3. The number of para-hydroxylation sites is 2. The van der Waals surface area contributed by atoms with Gasteiger partial charge in [-0.15, -0.1) is 0 Å². The minimum absolute atomic E-state index is 0.199. The van der Waals surface area contributed by atoms with E-state index in [4.69, 9.17) is 0 Å². The Morgan fingerprint density at radius 2 is 0.830 bits per heavy atom. The molecule has 0 saturated heterocycles. The second-order valence-electron chi connectivity index (χ2n) is 14.6. The van der Waals surface area contributed by atoms with Crippen molar-refractivity contribution >= 4 is 34.1 Å². The molecule has 1 aliphatic carbocycles. The number of nitrogens with zero attached hydrogens (tertiary/aromatic N) is 2. The molecule has 1 heterocycles. The summed E-state index contributed by atoms with van der Waals surface area (Å²) < 4.78 is 0. The Labute approximate surface area is 311 Å². The summed E-state index contributed by atoms with van der Waals surface area (Å²) in [5.74, 6) is 0. The van der Waals surface area contributed by atoms with Crippen LogP contribution in [0.15, 0.2) is 194 Å². The second-order valence-corrected chi connectivity index (χ2v) is 14.6. The van der Waals surface area contributed by atoms with Gasteiger partial charge in [-0.25, -0.2) is 0 Å². The second kappa shape index (κ2) is 12.3. The lowest BCUT2D eigenvalue weighted by molar-refractivity contribution is 0.660. The van der Waals surface area contributed by atoms with Crippen LogP contribution in [-0.4, -0.2) is 0 Å². The Morgan fingerprint density at radius 1 is 0.340 bits per heavy atom. The third-order valence-corrected chi connectivity index (χ3v) is 11.1. The Kier molecular flexibility index (Phi) is 7.19. The van der Waals surface area contributed by atoms with Gasteiger partial charge in [-0.1, -0.05) is 147 Å². The molecular weight excluding hydrogens is 641 g/mol. The van der Waals surface area contributed by atoms with Crippen LogP contribution in [0.2, 0.25) is 0 Å². The first-order chi connectivity index (χ1) is 26.1. The molecule has 0 radical (unpaired) electrons. The van der Waals surface area contributed by atoms with Crippen molar-refractivity contribution in [2.24, 2.45) is 0 Å². The van der Waals surface area contributed by atoms with Crippen LogP contribution in [0.4, 0.5) is 34.1 Å². The summed E-state index contributed by atoms with van der Waals surface area (Å²) in [7, 11) is 0. The highest BCUT2D eigenvalue weighted by Gasteiger charge is 2.43. The van der Waals surface area contributed by atoms with Gasteiger partial charge >= 0.3 is 0 Å². The number of fused-ring (bicyclic) bond motifs is 6. The van der Waals surface area contributed by atoms with Crippen molar-refractivity contribution in [1.82, 2.24) is 0 Å². The minimum atomic E-state index is -0.199. The third-order valence-electron chi connectivity index (χ3n) is 11.1. The molecule has 2 heteroatoms. The van der Waals surface area contributed by atoms with Gasteiger partial charge in [0.2, 0.25) is 0 Å². The largest absolute Gasteiger partial charge is 0.306 e. The van der Waals surface area contributed by atoms with E-state index in [1.807, 2.05) is 0 Å². The van der Waals surface area contributed by atoms with Gasteiger partial charge in [0.15, 0.2) is 0 Å². The van der Waals surface area contributed by atoms with E-state index < -0.39 is 0 Å². The summed E-state index contributed by atoms with van der Waals surface area (Å²) in [6, 6.07) is 70.8. The predicted molar refractivity (Wildman–Crippen MR) is 223 cm³/mol. The van der Waals surface area contributed by atoms with E-state index in [-0.39, 0.29) is 5.41 Å². The van der Waals surface area contributed by atoms with E-state index >= 15 is 0 Å². The van der Waals surface area contributed by atoms with Crippen LogP contribution in [-0.2, 0) is 5.41 Å². The highest BCUT2D eigenvalue weighted by atomic mass is 15.3. The van der Waals surface area contributed by atoms with Crippen LogP contribution >= 0.6 is 0 Å². The molecule has 1 aliphatic heterocycles. The van der Waals surface area contributed by atoms with Crippen molar-refractivity contribution in [3.05, 3.63) is 205 Å². The molecule has 0 saturated carbocycles. The van der Waals surface area contributed by atoms with Crippen LogP contribution in [0.25, 0.3) is 44.5 Å². The van der Waals surface area contributed by atoms with Gasteiger partial charge in [-0.05, 0) is 116 Å². The first-order valence-corrected chi connectivity index (χ1v) is 18.4. The van der Waals surface area contributed by atoms with E-state index in [1.165, 1.54) is 67.0 Å². The van der Waals surface area contributed by atoms with Gasteiger partial charge in [0.1, 0.15) is 0 Å². The molecule has 0 unspecified atom stereocenters. The summed E-state index contributed by atoms with van der Waals surface area (Å²) in [5.41, 5.74) is 19.3. The quantitative estimate of drug-likeness (QED) is 0.179. The molecule has 8 aromatic rings. The molecule has 53 heavy (non-hydrogen) atoms. The lowest BCUT2D eigenvalue weighted by atomic mass is 9.80. The van der Waals surface area contributed by atoms with Crippen LogP contribution in [0.5, 0.6) is 0 Å². The van der Waals surface area contributed by atoms with Gasteiger partial charge in [0.05, 0.1) is 22.7 Å². The number of hydrogen-bond acceptors (Lipinski definition) is 2. The molecule has 0 amide bonds. The smallest absolute Gasteiger partial charge is 0.0750 e. The van der Waals surface area contributed by atoms with E-state index in [0.717, 1.165) is 22.7 Å². The molecule has 10 rings (SSSR count). The van der Waals surface area contributed by atoms with E-state index in [2.05, 4.69) is 218 Å². The molecule has 8 aromatic carbocycles. The fourth-order valence-corrected chi connectivity index (χ4v) is 8.65. The van der Waals surface area contributed by atoms with Crippen molar-refractivity contribution in [2.75, 3.05) is 9.80 Å². The SMILES string of the molecule is CC1(C)c2ccccc2-c2ccc3c(c21)N(c1ccccc1)c1ccc(-c2cc(-c4ccccc4)cc(-c4ccccc4)c2)cc1N3c1ccccc1. The van der Waals surface area contributed by atoms with Crippen LogP contribution in [0, 0.1) is 0 Å². The number of hydrogen-bond donors (Lipinski definition) is 0. The van der Waals surface area contributed by atoms with Gasteiger partial charge in [0.25, 0.3) is 0 Å². The predicted octanol–water partition coefficient (Wildman–Crippen LogP) is 14.2. The van der Waals surface area contributed by atoms with Gasteiger partial charge in [-0.2, -0.15) is 0 Å². The molecule has 252 valence electrons. The van der Waals surface area contributed by atoms with Crippen LogP contribution in [0.1, 0.15) is 25.0 Å². The molecule has 0 spiro atoms. The first-order valence-electron chi connectivity index (χ1n) is 18.4. The summed E-state index contributed by atoms with van der Waals surface area (Å²) >= 11 is 0. The van der Waals surface area contributed by atoms with Gasteiger partial charge in [-0.3, -0.25) is 0 Å². The zero-order chi connectivity index (χ0) is 35.5. The van der Waals surface area contributed by atoms with Crippen LogP contribution < -0.4 is 9.80 Å². The molecule has 2 aliphatic rings. The Bertz CT molecular complexity index is 2570. The maximum Gasteiger partial charge on any atom is 0.0750 e. The summed E-state index contributed by atoms with van der Waals surface area (Å²) in [4.78, 5) is 4.99. The molecule has 0 bridgehead atoms. The first kappa shape index (κ1) is 31.1. The average Bonchev–Trinajstić information content (AvgIpc) is 3.46. The number of benzene rings is 8. The summed E-state index contributed by atoms with van der Waals surface area (Å²) in [5, 5.41) is 0. The van der Waals surface area contributed by atoms with Crippen LogP contribution in [0.3, 0.4) is 0 Å². The fourth-order valence-electron chi connectivity index (χ4n) is 8.65. The van der Waals surface area contributed by atoms with Crippen molar-refractivity contribution in [3.8, 4) is 44.5 Å². The molecule has 0 fully saturated rings. The normalized spacial score (nSPS) is 13.5. The third kappa shape index (κ3) is 5.02. The Balaban J connectivity index is 1.24. The molecule has 0 aromatic heterocycles. The summed E-state index contributed by atoms with van der Waals surface area (Å²) in [6.45, 7) is 4.77. The average molecular weight is 679 g/mol.